The average Bonchev–Trinajstić information content (AvgIpc) is 3.13. The van der Waals surface area contributed by atoms with Crippen LogP contribution in [-0.4, -0.2) is 46.3 Å². The number of amides is 1. The lowest BCUT2D eigenvalue weighted by molar-refractivity contribution is -0.120. The summed E-state index contributed by atoms with van der Waals surface area (Å²) in [5.74, 6) is 0.529. The van der Waals surface area contributed by atoms with Crippen LogP contribution in [0.25, 0.3) is 0 Å². The molecule has 0 spiro atoms. The van der Waals surface area contributed by atoms with Crippen LogP contribution in [0.3, 0.4) is 0 Å². The second-order valence-electron chi connectivity index (χ2n) is 8.00. The van der Waals surface area contributed by atoms with Crippen molar-refractivity contribution < 1.29 is 13.2 Å². The van der Waals surface area contributed by atoms with Gasteiger partial charge in [0.05, 0.1) is 11.9 Å². The number of anilines is 2. The van der Waals surface area contributed by atoms with Gasteiger partial charge in [-0.25, -0.2) is 8.42 Å². The summed E-state index contributed by atoms with van der Waals surface area (Å²) in [7, 11) is -3.53. The predicted octanol–water partition coefficient (Wildman–Crippen LogP) is 2.75. The van der Waals surface area contributed by atoms with Crippen molar-refractivity contribution in [1.82, 2.24) is 5.32 Å². The van der Waals surface area contributed by atoms with Gasteiger partial charge >= 0.3 is 0 Å². The van der Waals surface area contributed by atoms with Crippen molar-refractivity contribution in [1.29, 1.82) is 0 Å². The zero-order valence-corrected chi connectivity index (χ0v) is 17.2. The lowest BCUT2D eigenvalue weighted by atomic mass is 9.99. The van der Waals surface area contributed by atoms with E-state index in [-0.39, 0.29) is 18.5 Å². The first-order chi connectivity index (χ1) is 12.8. The zero-order valence-electron chi connectivity index (χ0n) is 16.4. The number of piperidine rings is 1. The Morgan fingerprint density at radius 2 is 1.70 bits per heavy atom. The van der Waals surface area contributed by atoms with Crippen LogP contribution in [0.15, 0.2) is 24.3 Å². The Morgan fingerprint density at radius 1 is 1.11 bits per heavy atom. The van der Waals surface area contributed by atoms with Crippen molar-refractivity contribution >= 4 is 27.3 Å². The van der Waals surface area contributed by atoms with E-state index in [2.05, 4.69) is 17.1 Å². The van der Waals surface area contributed by atoms with Gasteiger partial charge in [-0.15, -0.1) is 0 Å². The minimum atomic E-state index is -3.53. The maximum atomic E-state index is 12.3. The molecule has 2 fully saturated rings. The van der Waals surface area contributed by atoms with E-state index in [0.29, 0.717) is 5.69 Å². The van der Waals surface area contributed by atoms with Gasteiger partial charge in [0.25, 0.3) is 0 Å². The van der Waals surface area contributed by atoms with Gasteiger partial charge in [-0.05, 0) is 55.9 Å². The monoisotopic (exact) mass is 393 g/mol. The van der Waals surface area contributed by atoms with Crippen molar-refractivity contribution in [3.05, 3.63) is 24.3 Å². The summed E-state index contributed by atoms with van der Waals surface area (Å²) < 4.78 is 25.7. The highest BCUT2D eigenvalue weighted by atomic mass is 32.2. The fourth-order valence-corrected chi connectivity index (χ4v) is 4.83. The molecule has 27 heavy (non-hydrogen) atoms. The highest BCUT2D eigenvalue weighted by molar-refractivity contribution is 7.92. The van der Waals surface area contributed by atoms with Gasteiger partial charge in [0.1, 0.15) is 6.54 Å². The average molecular weight is 394 g/mol. The molecular formula is C20H31N3O3S. The summed E-state index contributed by atoms with van der Waals surface area (Å²) in [6.07, 6.45) is 7.71. The second-order valence-corrected chi connectivity index (χ2v) is 9.91. The molecule has 0 bridgehead atoms. The fourth-order valence-electron chi connectivity index (χ4n) is 3.97. The third-order valence-corrected chi connectivity index (χ3v) is 6.83. The van der Waals surface area contributed by atoms with Gasteiger partial charge in [-0.3, -0.25) is 9.10 Å². The van der Waals surface area contributed by atoms with Crippen molar-refractivity contribution in [3.8, 4) is 0 Å². The van der Waals surface area contributed by atoms with E-state index in [0.717, 1.165) is 56.6 Å². The number of hydrogen-bond donors (Lipinski definition) is 1. The molecule has 1 aromatic carbocycles. The van der Waals surface area contributed by atoms with Crippen molar-refractivity contribution in [2.24, 2.45) is 5.92 Å². The lowest BCUT2D eigenvalue weighted by Crippen LogP contribution is -2.43. The molecule has 1 saturated carbocycles. The molecule has 1 aromatic rings. The molecule has 7 heteroatoms. The number of sulfonamides is 1. The van der Waals surface area contributed by atoms with E-state index in [1.807, 2.05) is 12.1 Å². The van der Waals surface area contributed by atoms with E-state index in [9.17, 15) is 13.2 Å². The third-order valence-electron chi connectivity index (χ3n) is 5.69. The number of carbonyl (C=O) groups excluding carboxylic acids is 1. The molecule has 0 radical (unpaired) electrons. The first-order valence-electron chi connectivity index (χ1n) is 9.95. The van der Waals surface area contributed by atoms with Crippen LogP contribution in [0.4, 0.5) is 11.4 Å². The largest absolute Gasteiger partial charge is 0.372 e. The summed E-state index contributed by atoms with van der Waals surface area (Å²) in [6.45, 7) is 4.16. The summed E-state index contributed by atoms with van der Waals surface area (Å²) in [4.78, 5) is 14.7. The molecule has 150 valence electrons. The lowest BCUT2D eigenvalue weighted by Gasteiger charge is -2.32. The number of carbonyl (C=O) groups is 1. The highest BCUT2D eigenvalue weighted by Crippen LogP contribution is 2.26. The molecule has 1 saturated heterocycles. The SMILES string of the molecule is CC1CCN(c2ccc(N(CC(=O)NC3CCCC3)S(C)(=O)=O)cc2)CC1. The van der Waals surface area contributed by atoms with Gasteiger partial charge in [0.15, 0.2) is 0 Å². The Hall–Kier alpha value is -1.76. The molecular weight excluding hydrogens is 362 g/mol. The molecule has 0 unspecified atom stereocenters. The maximum absolute atomic E-state index is 12.3. The van der Waals surface area contributed by atoms with Gasteiger partial charge in [0.2, 0.25) is 15.9 Å². The molecule has 0 atom stereocenters. The van der Waals surface area contributed by atoms with Crippen molar-refractivity contribution in [3.63, 3.8) is 0 Å². The minimum absolute atomic E-state index is 0.171. The first-order valence-corrected chi connectivity index (χ1v) is 11.8. The molecule has 1 N–H and O–H groups in total. The quantitative estimate of drug-likeness (QED) is 0.807. The molecule has 1 heterocycles. The molecule has 2 aliphatic rings. The van der Waals surface area contributed by atoms with Crippen LogP contribution in [-0.2, 0) is 14.8 Å². The number of nitrogens with zero attached hydrogens (tertiary/aromatic N) is 2. The Balaban J connectivity index is 1.68. The maximum Gasteiger partial charge on any atom is 0.240 e. The Bertz CT molecular complexity index is 734. The van der Waals surface area contributed by atoms with Crippen LogP contribution in [0.5, 0.6) is 0 Å². The van der Waals surface area contributed by atoms with E-state index in [4.69, 9.17) is 0 Å². The van der Waals surface area contributed by atoms with Crippen LogP contribution < -0.4 is 14.5 Å². The topological polar surface area (TPSA) is 69.7 Å². The summed E-state index contributed by atoms with van der Waals surface area (Å²) in [6, 6.07) is 7.70. The molecule has 3 rings (SSSR count). The van der Waals surface area contributed by atoms with Gasteiger partial charge in [-0.1, -0.05) is 19.8 Å². The highest BCUT2D eigenvalue weighted by Gasteiger charge is 2.24. The van der Waals surface area contributed by atoms with Gasteiger partial charge in [-0.2, -0.15) is 0 Å². The first kappa shape index (κ1) is 20.0. The summed E-state index contributed by atoms with van der Waals surface area (Å²) in [5.41, 5.74) is 1.64. The Morgan fingerprint density at radius 3 is 2.26 bits per heavy atom. The van der Waals surface area contributed by atoms with Crippen LogP contribution in [0, 0.1) is 5.92 Å². The number of nitrogens with one attached hydrogen (secondary N) is 1. The van der Waals surface area contributed by atoms with Gasteiger partial charge in [0, 0.05) is 24.8 Å². The van der Waals surface area contributed by atoms with E-state index >= 15 is 0 Å². The predicted molar refractivity (Wildman–Crippen MR) is 110 cm³/mol. The van der Waals surface area contributed by atoms with Crippen LogP contribution >= 0.6 is 0 Å². The Labute approximate surface area is 163 Å². The fraction of sp³-hybridized carbons (Fsp3) is 0.650. The van der Waals surface area contributed by atoms with Crippen LogP contribution in [0.1, 0.15) is 45.4 Å². The molecule has 1 aliphatic carbocycles. The van der Waals surface area contributed by atoms with Gasteiger partial charge < -0.3 is 10.2 Å². The third kappa shape index (κ3) is 5.37. The normalized spacial score (nSPS) is 19.3. The molecule has 0 aromatic heterocycles. The molecule has 1 aliphatic heterocycles. The number of hydrogen-bond acceptors (Lipinski definition) is 4. The van der Waals surface area contributed by atoms with E-state index < -0.39 is 10.0 Å². The van der Waals surface area contributed by atoms with E-state index in [1.54, 1.807) is 12.1 Å². The summed E-state index contributed by atoms with van der Waals surface area (Å²) in [5, 5.41) is 2.97. The van der Waals surface area contributed by atoms with Crippen LogP contribution in [0.2, 0.25) is 0 Å². The molecule has 1 amide bonds. The smallest absolute Gasteiger partial charge is 0.240 e. The van der Waals surface area contributed by atoms with Crippen molar-refractivity contribution in [2.75, 3.05) is 35.1 Å². The second kappa shape index (κ2) is 8.50. The number of rotatable bonds is 6. The molecule has 6 nitrogen and oxygen atoms in total. The van der Waals surface area contributed by atoms with E-state index in [1.165, 1.54) is 17.1 Å². The van der Waals surface area contributed by atoms with Crippen molar-refractivity contribution in [2.45, 2.75) is 51.5 Å². The Kier molecular flexibility index (Phi) is 6.29. The zero-order chi connectivity index (χ0) is 19.4. The minimum Gasteiger partial charge on any atom is -0.372 e. The summed E-state index contributed by atoms with van der Waals surface area (Å²) >= 11 is 0. The number of benzene rings is 1. The standard InChI is InChI=1S/C20H31N3O3S/c1-16-11-13-22(14-12-16)18-7-9-19(10-8-18)23(27(2,25)26)15-20(24)21-17-5-3-4-6-17/h7-10,16-17H,3-6,11-15H2,1-2H3,(H,21,24).